The third kappa shape index (κ3) is 2.78. The summed E-state index contributed by atoms with van der Waals surface area (Å²) in [5, 5.41) is 4.94. The topological polar surface area (TPSA) is 26.2 Å². The summed E-state index contributed by atoms with van der Waals surface area (Å²) < 4.78 is 7.74. The van der Waals surface area contributed by atoms with Crippen molar-refractivity contribution in [2.24, 2.45) is 0 Å². The summed E-state index contributed by atoms with van der Waals surface area (Å²) in [6.07, 6.45) is 11.2. The molecule has 22 heavy (non-hydrogen) atoms. The molecular weight excluding hydrogens is 272 g/mol. The van der Waals surface area contributed by atoms with Crippen LogP contribution in [0.25, 0.3) is 10.9 Å². The SMILES string of the molecule is C1=CC(c2ccc3ccn(CCC4CCCN4)c3c2)CCO1. The van der Waals surface area contributed by atoms with Crippen molar-refractivity contribution in [2.75, 3.05) is 13.2 Å². The number of hydrogen-bond acceptors (Lipinski definition) is 2. The van der Waals surface area contributed by atoms with Crippen molar-refractivity contribution in [2.45, 2.75) is 44.2 Å². The van der Waals surface area contributed by atoms with Crippen LogP contribution in [0.5, 0.6) is 0 Å². The van der Waals surface area contributed by atoms with Crippen molar-refractivity contribution >= 4 is 10.9 Å². The minimum absolute atomic E-state index is 0.498. The molecule has 0 saturated carbocycles. The van der Waals surface area contributed by atoms with Gasteiger partial charge >= 0.3 is 0 Å². The van der Waals surface area contributed by atoms with Crippen LogP contribution in [0, 0.1) is 0 Å². The molecule has 1 aromatic heterocycles. The lowest BCUT2D eigenvalue weighted by atomic mass is 9.94. The van der Waals surface area contributed by atoms with Gasteiger partial charge in [0.15, 0.2) is 0 Å². The smallest absolute Gasteiger partial charge is 0.0882 e. The van der Waals surface area contributed by atoms with Crippen LogP contribution in [0.1, 0.15) is 37.2 Å². The molecule has 1 saturated heterocycles. The Kier molecular flexibility index (Phi) is 3.90. The van der Waals surface area contributed by atoms with Gasteiger partial charge in [0, 0.05) is 30.2 Å². The molecule has 4 rings (SSSR count). The average molecular weight is 296 g/mol. The molecule has 3 heteroatoms. The largest absolute Gasteiger partial charge is 0.501 e. The van der Waals surface area contributed by atoms with Gasteiger partial charge in [-0.3, -0.25) is 0 Å². The van der Waals surface area contributed by atoms with Crippen LogP contribution in [-0.4, -0.2) is 23.8 Å². The summed E-state index contributed by atoms with van der Waals surface area (Å²) in [6.45, 7) is 3.12. The van der Waals surface area contributed by atoms with E-state index in [9.17, 15) is 0 Å². The quantitative estimate of drug-likeness (QED) is 0.928. The van der Waals surface area contributed by atoms with Crippen molar-refractivity contribution in [3.8, 4) is 0 Å². The van der Waals surface area contributed by atoms with E-state index in [1.165, 1.54) is 42.3 Å². The van der Waals surface area contributed by atoms with Gasteiger partial charge in [-0.15, -0.1) is 0 Å². The van der Waals surface area contributed by atoms with E-state index >= 15 is 0 Å². The Morgan fingerprint density at radius 2 is 2.23 bits per heavy atom. The molecule has 0 radical (unpaired) electrons. The Labute approximate surface area is 132 Å². The van der Waals surface area contributed by atoms with Gasteiger partial charge in [-0.2, -0.15) is 0 Å². The van der Waals surface area contributed by atoms with Gasteiger partial charge in [-0.1, -0.05) is 12.1 Å². The summed E-state index contributed by atoms with van der Waals surface area (Å²) in [5.41, 5.74) is 2.78. The van der Waals surface area contributed by atoms with Gasteiger partial charge in [0.05, 0.1) is 12.9 Å². The first kappa shape index (κ1) is 13.9. The molecule has 2 aromatic rings. The molecule has 3 heterocycles. The summed E-state index contributed by atoms with van der Waals surface area (Å²) in [6, 6.07) is 9.85. The minimum atomic E-state index is 0.498. The van der Waals surface area contributed by atoms with E-state index in [2.05, 4.69) is 46.4 Å². The number of rotatable bonds is 4. The Bertz CT molecular complexity index is 667. The van der Waals surface area contributed by atoms with Gasteiger partial charge < -0.3 is 14.6 Å². The Morgan fingerprint density at radius 3 is 3.05 bits per heavy atom. The number of benzene rings is 1. The Hall–Kier alpha value is -1.74. The maximum Gasteiger partial charge on any atom is 0.0882 e. The first-order valence-corrected chi connectivity index (χ1v) is 8.50. The summed E-state index contributed by atoms with van der Waals surface area (Å²) in [7, 11) is 0. The Balaban J connectivity index is 1.56. The van der Waals surface area contributed by atoms with E-state index in [1.54, 1.807) is 0 Å². The van der Waals surface area contributed by atoms with E-state index in [0.29, 0.717) is 12.0 Å². The number of hydrogen-bond donors (Lipinski definition) is 1. The molecule has 1 N–H and O–H groups in total. The van der Waals surface area contributed by atoms with Gasteiger partial charge in [0.1, 0.15) is 0 Å². The fourth-order valence-corrected chi connectivity index (χ4v) is 3.71. The molecule has 1 aromatic carbocycles. The molecule has 2 atom stereocenters. The number of allylic oxidation sites excluding steroid dienone is 1. The van der Waals surface area contributed by atoms with Crippen LogP contribution in [0.15, 0.2) is 42.8 Å². The highest BCUT2D eigenvalue weighted by molar-refractivity contribution is 5.81. The van der Waals surface area contributed by atoms with Gasteiger partial charge in [0.2, 0.25) is 0 Å². The minimum Gasteiger partial charge on any atom is -0.501 e. The molecule has 3 nitrogen and oxygen atoms in total. The molecule has 2 aliphatic rings. The van der Waals surface area contributed by atoms with Gasteiger partial charge in [0.25, 0.3) is 0 Å². The molecule has 1 fully saturated rings. The lowest BCUT2D eigenvalue weighted by Gasteiger charge is -2.18. The number of nitrogens with one attached hydrogen (secondary N) is 1. The predicted molar refractivity (Wildman–Crippen MR) is 90.0 cm³/mol. The van der Waals surface area contributed by atoms with E-state index < -0.39 is 0 Å². The van der Waals surface area contributed by atoms with Gasteiger partial charge in [-0.05, 0) is 61.4 Å². The van der Waals surface area contributed by atoms with Crippen LogP contribution in [0.4, 0.5) is 0 Å². The van der Waals surface area contributed by atoms with E-state index in [4.69, 9.17) is 4.74 Å². The molecular formula is C19H24N2O. The molecule has 0 bridgehead atoms. The first-order chi connectivity index (χ1) is 10.9. The number of aromatic nitrogens is 1. The van der Waals surface area contributed by atoms with Gasteiger partial charge in [-0.25, -0.2) is 0 Å². The van der Waals surface area contributed by atoms with E-state index in [1.807, 2.05) is 6.26 Å². The maximum atomic E-state index is 5.32. The molecule has 0 spiro atoms. The maximum absolute atomic E-state index is 5.32. The predicted octanol–water partition coefficient (Wildman–Crippen LogP) is 3.80. The third-order valence-corrected chi connectivity index (χ3v) is 5.06. The summed E-state index contributed by atoms with van der Waals surface area (Å²) in [5.74, 6) is 0.498. The number of aryl methyl sites for hydroxylation is 1. The monoisotopic (exact) mass is 296 g/mol. The van der Waals surface area contributed by atoms with Crippen LogP contribution >= 0.6 is 0 Å². The second kappa shape index (κ2) is 6.17. The summed E-state index contributed by atoms with van der Waals surface area (Å²) >= 11 is 0. The highest BCUT2D eigenvalue weighted by atomic mass is 16.5. The summed E-state index contributed by atoms with van der Waals surface area (Å²) in [4.78, 5) is 0. The van der Waals surface area contributed by atoms with Crippen LogP contribution in [-0.2, 0) is 11.3 Å². The second-order valence-electron chi connectivity index (χ2n) is 6.50. The lowest BCUT2D eigenvalue weighted by Crippen LogP contribution is -2.22. The fourth-order valence-electron chi connectivity index (χ4n) is 3.71. The zero-order chi connectivity index (χ0) is 14.8. The second-order valence-corrected chi connectivity index (χ2v) is 6.50. The average Bonchev–Trinajstić information content (AvgIpc) is 3.23. The number of nitrogens with zero attached hydrogens (tertiary/aromatic N) is 1. The van der Waals surface area contributed by atoms with Crippen molar-refractivity contribution in [3.05, 3.63) is 48.4 Å². The van der Waals surface area contributed by atoms with Crippen LogP contribution in [0.3, 0.4) is 0 Å². The third-order valence-electron chi connectivity index (χ3n) is 5.06. The molecule has 2 unspecified atom stereocenters. The van der Waals surface area contributed by atoms with Crippen molar-refractivity contribution in [3.63, 3.8) is 0 Å². The zero-order valence-corrected chi connectivity index (χ0v) is 13.0. The number of fused-ring (bicyclic) bond motifs is 1. The first-order valence-electron chi connectivity index (χ1n) is 8.50. The Morgan fingerprint density at radius 1 is 1.23 bits per heavy atom. The fraction of sp³-hybridized carbons (Fsp3) is 0.474. The number of ether oxygens (including phenoxy) is 1. The van der Waals surface area contributed by atoms with Crippen molar-refractivity contribution in [1.82, 2.24) is 9.88 Å². The lowest BCUT2D eigenvalue weighted by molar-refractivity contribution is 0.223. The van der Waals surface area contributed by atoms with E-state index in [0.717, 1.165) is 19.6 Å². The van der Waals surface area contributed by atoms with Crippen molar-refractivity contribution < 1.29 is 4.74 Å². The highest BCUT2D eigenvalue weighted by Crippen LogP contribution is 2.28. The highest BCUT2D eigenvalue weighted by Gasteiger charge is 2.15. The molecule has 0 aliphatic carbocycles. The normalized spacial score (nSPS) is 24.7. The van der Waals surface area contributed by atoms with Crippen molar-refractivity contribution in [1.29, 1.82) is 0 Å². The standard InChI is InChI=1S/C19H24N2O/c1-2-18(20-9-1)6-11-21-10-5-16-3-4-17(14-19(16)21)15-7-12-22-13-8-15/h3-5,7,10,12,14-15,18,20H,1-2,6,8-9,11,13H2. The molecule has 2 aliphatic heterocycles. The zero-order valence-electron chi connectivity index (χ0n) is 13.0. The molecule has 0 amide bonds. The van der Waals surface area contributed by atoms with E-state index in [-0.39, 0.29) is 0 Å². The van der Waals surface area contributed by atoms with Crippen LogP contribution in [0.2, 0.25) is 0 Å². The van der Waals surface area contributed by atoms with Crippen LogP contribution < -0.4 is 5.32 Å². The molecule has 116 valence electrons.